The van der Waals surface area contributed by atoms with E-state index in [0.29, 0.717) is 5.69 Å². The molecule has 0 amide bonds. The first kappa shape index (κ1) is 19.8. The van der Waals surface area contributed by atoms with E-state index in [1.807, 2.05) is 12.1 Å². The van der Waals surface area contributed by atoms with Crippen LogP contribution >= 0.6 is 0 Å². The third-order valence-electron chi connectivity index (χ3n) is 4.21. The monoisotopic (exact) mass is 362 g/mol. The number of piperidine rings is 1. The van der Waals surface area contributed by atoms with Gasteiger partial charge < -0.3 is 19.5 Å². The molecule has 1 unspecified atom stereocenters. The molecular weight excluding hydrogens is 336 g/mol. The van der Waals surface area contributed by atoms with E-state index in [0.717, 1.165) is 44.3 Å². The summed E-state index contributed by atoms with van der Waals surface area (Å²) in [6.07, 6.45) is 3.42. The van der Waals surface area contributed by atoms with E-state index < -0.39 is 11.9 Å². The van der Waals surface area contributed by atoms with Gasteiger partial charge in [-0.2, -0.15) is 0 Å². The zero-order valence-corrected chi connectivity index (χ0v) is 15.5. The van der Waals surface area contributed by atoms with Crippen LogP contribution < -0.4 is 10.1 Å². The Balaban J connectivity index is 2.00. The lowest BCUT2D eigenvalue weighted by atomic mass is 10.1. The van der Waals surface area contributed by atoms with E-state index in [2.05, 4.69) is 26.6 Å². The van der Waals surface area contributed by atoms with Crippen LogP contribution in [-0.4, -0.2) is 56.8 Å². The molecule has 1 aromatic carbocycles. The number of hydrogen-bond acceptors (Lipinski definition) is 7. The summed E-state index contributed by atoms with van der Waals surface area (Å²) in [6, 6.07) is 7.23. The molecule has 1 aromatic rings. The number of likely N-dealkylation sites (tertiary alicyclic amines) is 1. The normalized spacial score (nSPS) is 18.1. The number of esters is 2. The van der Waals surface area contributed by atoms with Gasteiger partial charge in [0.15, 0.2) is 0 Å². The Morgan fingerprint density at radius 1 is 1.23 bits per heavy atom. The minimum absolute atomic E-state index is 0.00103. The quantitative estimate of drug-likeness (QED) is 0.588. The Kier molecular flexibility index (Phi) is 7.47. The number of nitrogens with zero attached hydrogens (tertiary/aromatic N) is 1. The summed E-state index contributed by atoms with van der Waals surface area (Å²) in [5.74, 6) is -0.525. The average molecular weight is 362 g/mol. The first-order chi connectivity index (χ1) is 12.5. The van der Waals surface area contributed by atoms with Crippen molar-refractivity contribution >= 4 is 17.6 Å². The first-order valence-corrected chi connectivity index (χ1v) is 8.69. The van der Waals surface area contributed by atoms with Gasteiger partial charge in [0.05, 0.1) is 20.3 Å². The van der Waals surface area contributed by atoms with Crippen LogP contribution in [0.1, 0.15) is 19.8 Å². The first-order valence-electron chi connectivity index (χ1n) is 8.69. The van der Waals surface area contributed by atoms with E-state index >= 15 is 0 Å². The maximum atomic E-state index is 11.8. The Morgan fingerprint density at radius 2 is 1.96 bits per heavy atom. The lowest BCUT2D eigenvalue weighted by molar-refractivity contribution is -0.138. The number of nitrogens with one attached hydrogen (secondary N) is 1. The maximum absolute atomic E-state index is 11.8. The molecule has 26 heavy (non-hydrogen) atoms. The van der Waals surface area contributed by atoms with Crippen LogP contribution in [0.3, 0.4) is 0 Å². The molecule has 0 spiro atoms. The minimum Gasteiger partial charge on any atom is -0.489 e. The highest BCUT2D eigenvalue weighted by Crippen LogP contribution is 2.21. The van der Waals surface area contributed by atoms with Gasteiger partial charge in [-0.05, 0) is 50.2 Å². The molecule has 1 saturated heterocycles. The number of carbonyl (C=O) groups excluding carboxylic acids is 2. The molecule has 1 atom stereocenters. The summed E-state index contributed by atoms with van der Waals surface area (Å²) in [5, 5.41) is 2.86. The molecule has 1 aliphatic rings. The molecule has 7 heteroatoms. The molecule has 0 aromatic heterocycles. The van der Waals surface area contributed by atoms with Crippen LogP contribution in [0.15, 0.2) is 36.0 Å². The van der Waals surface area contributed by atoms with Crippen molar-refractivity contribution in [3.63, 3.8) is 0 Å². The van der Waals surface area contributed by atoms with E-state index in [4.69, 9.17) is 4.74 Å². The van der Waals surface area contributed by atoms with Crippen molar-refractivity contribution in [1.82, 2.24) is 4.90 Å². The van der Waals surface area contributed by atoms with Crippen LogP contribution in [0.4, 0.5) is 5.69 Å². The zero-order valence-electron chi connectivity index (χ0n) is 15.5. The predicted octanol–water partition coefficient (Wildman–Crippen LogP) is 2.19. The fraction of sp³-hybridized carbons (Fsp3) is 0.474. The molecule has 0 bridgehead atoms. The molecule has 7 nitrogen and oxygen atoms in total. The molecule has 1 aliphatic heterocycles. The molecule has 2 rings (SSSR count). The highest BCUT2D eigenvalue weighted by molar-refractivity contribution is 5.98. The van der Waals surface area contributed by atoms with Crippen LogP contribution in [0.25, 0.3) is 0 Å². The van der Waals surface area contributed by atoms with Gasteiger partial charge in [0.2, 0.25) is 0 Å². The Hall–Kier alpha value is -2.54. The molecular formula is C19H26N2O5. The Morgan fingerprint density at radius 3 is 2.58 bits per heavy atom. The van der Waals surface area contributed by atoms with Gasteiger partial charge in [0, 0.05) is 12.2 Å². The minimum atomic E-state index is -0.655. The number of ether oxygens (including phenoxy) is 3. The molecule has 1 fully saturated rings. The summed E-state index contributed by atoms with van der Waals surface area (Å²) in [7, 11) is 2.49. The van der Waals surface area contributed by atoms with Gasteiger partial charge >= 0.3 is 11.9 Å². The standard InChI is InChI=1S/C19H26N2O5/c1-4-21-11-5-6-16(13-21)26-15-9-7-14(8-10-15)20-17(19(23)25-3)12-18(22)24-2/h7-10,12,16,20H,4-6,11,13H2,1-3H3/b17-12+. The summed E-state index contributed by atoms with van der Waals surface area (Å²) in [6.45, 7) is 5.25. The molecule has 0 radical (unpaired) electrons. The molecule has 1 heterocycles. The fourth-order valence-electron chi connectivity index (χ4n) is 2.79. The smallest absolute Gasteiger partial charge is 0.354 e. The Bertz CT molecular complexity index is 642. The molecule has 1 N–H and O–H groups in total. The largest absolute Gasteiger partial charge is 0.489 e. The van der Waals surface area contributed by atoms with Crippen LogP contribution in [0.5, 0.6) is 5.75 Å². The van der Waals surface area contributed by atoms with Crippen LogP contribution in [0, 0.1) is 0 Å². The second-order valence-electron chi connectivity index (χ2n) is 6.00. The summed E-state index contributed by atoms with van der Waals surface area (Å²) < 4.78 is 15.3. The third-order valence-corrected chi connectivity index (χ3v) is 4.21. The van der Waals surface area contributed by atoms with Crippen LogP contribution in [-0.2, 0) is 19.1 Å². The van der Waals surface area contributed by atoms with Gasteiger partial charge in [-0.15, -0.1) is 0 Å². The lowest BCUT2D eigenvalue weighted by Gasteiger charge is -2.32. The second-order valence-corrected chi connectivity index (χ2v) is 6.00. The summed E-state index contributed by atoms with van der Waals surface area (Å²) >= 11 is 0. The molecule has 142 valence electrons. The predicted molar refractivity (Wildman–Crippen MR) is 97.9 cm³/mol. The number of carbonyl (C=O) groups is 2. The number of likely N-dealkylation sites (N-methyl/N-ethyl adjacent to an activating group) is 1. The van der Waals surface area contributed by atoms with Crippen molar-refractivity contribution in [2.24, 2.45) is 0 Å². The van der Waals surface area contributed by atoms with Crippen molar-refractivity contribution < 1.29 is 23.8 Å². The maximum Gasteiger partial charge on any atom is 0.354 e. The van der Waals surface area contributed by atoms with E-state index in [-0.39, 0.29) is 11.8 Å². The third kappa shape index (κ3) is 5.77. The lowest BCUT2D eigenvalue weighted by Crippen LogP contribution is -2.40. The highest BCUT2D eigenvalue weighted by Gasteiger charge is 2.20. The van der Waals surface area contributed by atoms with Crippen molar-refractivity contribution in [3.8, 4) is 5.75 Å². The fourth-order valence-corrected chi connectivity index (χ4v) is 2.79. The molecule has 0 saturated carbocycles. The van der Waals surface area contributed by atoms with Gasteiger partial charge in [0.25, 0.3) is 0 Å². The van der Waals surface area contributed by atoms with Crippen molar-refractivity contribution in [3.05, 3.63) is 36.0 Å². The van der Waals surface area contributed by atoms with E-state index in [1.165, 1.54) is 14.2 Å². The van der Waals surface area contributed by atoms with E-state index in [9.17, 15) is 9.59 Å². The summed E-state index contributed by atoms with van der Waals surface area (Å²) in [4.78, 5) is 25.5. The summed E-state index contributed by atoms with van der Waals surface area (Å²) in [5.41, 5.74) is 0.635. The van der Waals surface area contributed by atoms with Crippen LogP contribution in [0.2, 0.25) is 0 Å². The van der Waals surface area contributed by atoms with Gasteiger partial charge in [0.1, 0.15) is 17.6 Å². The second kappa shape index (κ2) is 9.82. The number of rotatable bonds is 7. The van der Waals surface area contributed by atoms with E-state index in [1.54, 1.807) is 12.1 Å². The number of anilines is 1. The zero-order chi connectivity index (χ0) is 18.9. The molecule has 0 aliphatic carbocycles. The van der Waals surface area contributed by atoms with Gasteiger partial charge in [-0.25, -0.2) is 9.59 Å². The highest BCUT2D eigenvalue weighted by atomic mass is 16.5. The van der Waals surface area contributed by atoms with Gasteiger partial charge in [-0.1, -0.05) is 6.92 Å². The number of benzene rings is 1. The topological polar surface area (TPSA) is 77.1 Å². The number of hydrogen-bond donors (Lipinski definition) is 1. The number of methoxy groups -OCH3 is 2. The van der Waals surface area contributed by atoms with Crippen molar-refractivity contribution in [2.45, 2.75) is 25.9 Å². The SMILES string of the molecule is CCN1CCCC(Oc2ccc(N/C(=C/C(=O)OC)C(=O)OC)cc2)C1. The van der Waals surface area contributed by atoms with Crippen molar-refractivity contribution in [1.29, 1.82) is 0 Å². The Labute approximate surface area is 153 Å². The van der Waals surface area contributed by atoms with Gasteiger partial charge in [-0.3, -0.25) is 4.90 Å². The average Bonchev–Trinajstić information content (AvgIpc) is 2.68. The van der Waals surface area contributed by atoms with Crippen molar-refractivity contribution in [2.75, 3.05) is 39.2 Å².